The van der Waals surface area contributed by atoms with E-state index in [0.29, 0.717) is 10.6 Å². The first-order chi connectivity index (χ1) is 8.75. The van der Waals surface area contributed by atoms with E-state index in [2.05, 4.69) is 0 Å². The second-order valence-corrected chi connectivity index (χ2v) is 7.17. The van der Waals surface area contributed by atoms with E-state index >= 15 is 0 Å². The maximum absolute atomic E-state index is 11.7. The zero-order valence-electron chi connectivity index (χ0n) is 9.87. The van der Waals surface area contributed by atoms with Gasteiger partial charge in [-0.05, 0) is 17.7 Å². The van der Waals surface area contributed by atoms with Gasteiger partial charge in [0, 0.05) is 17.2 Å². The van der Waals surface area contributed by atoms with Gasteiger partial charge in [-0.2, -0.15) is 5.26 Å². The van der Waals surface area contributed by atoms with Crippen molar-refractivity contribution in [2.75, 3.05) is 6.26 Å². The Kier molecular flexibility index (Phi) is 3.07. The van der Waals surface area contributed by atoms with E-state index in [1.807, 2.05) is 0 Å². The molecule has 1 N–H and O–H groups in total. The summed E-state index contributed by atoms with van der Waals surface area (Å²) in [5.41, 5.74) is -1.47. The van der Waals surface area contributed by atoms with Gasteiger partial charge in [0.25, 0.3) is 0 Å². The predicted octanol–water partition coefficient (Wildman–Crippen LogP) is 1.44. The van der Waals surface area contributed by atoms with Crippen molar-refractivity contribution in [3.8, 4) is 6.07 Å². The van der Waals surface area contributed by atoms with Crippen LogP contribution in [-0.4, -0.2) is 31.0 Å². The van der Waals surface area contributed by atoms with Crippen molar-refractivity contribution in [2.45, 2.75) is 11.2 Å². The molecule has 100 valence electrons. The second kappa shape index (κ2) is 4.22. The topological polar surface area (TPSA) is 95.2 Å². The average molecular weight is 300 g/mol. The van der Waals surface area contributed by atoms with Gasteiger partial charge in [0.05, 0.1) is 6.07 Å². The molecule has 7 heteroatoms. The Morgan fingerprint density at radius 1 is 1.53 bits per heavy atom. The van der Waals surface area contributed by atoms with E-state index < -0.39 is 32.4 Å². The summed E-state index contributed by atoms with van der Waals surface area (Å²) in [4.78, 5) is 11.3. The molecule has 1 aromatic rings. The third-order valence-corrected chi connectivity index (χ3v) is 5.14. The Labute approximate surface area is 115 Å². The quantitative estimate of drug-likeness (QED) is 0.911. The Balaban J connectivity index is 2.58. The summed E-state index contributed by atoms with van der Waals surface area (Å²) in [5.74, 6) is -2.31. The van der Waals surface area contributed by atoms with Crippen LogP contribution in [0, 0.1) is 16.7 Å². The number of carboxylic acids is 1. The van der Waals surface area contributed by atoms with Gasteiger partial charge in [0.2, 0.25) is 0 Å². The van der Waals surface area contributed by atoms with Crippen LogP contribution in [0.25, 0.3) is 0 Å². The molecular weight excluding hydrogens is 290 g/mol. The van der Waals surface area contributed by atoms with Crippen molar-refractivity contribution in [3.05, 3.63) is 34.9 Å². The highest BCUT2D eigenvalue weighted by molar-refractivity contribution is 7.91. The Hall–Kier alpha value is -1.58. The summed E-state index contributed by atoms with van der Waals surface area (Å²) >= 11 is 5.81. The molecule has 0 unspecified atom stereocenters. The largest absolute Gasteiger partial charge is 0.480 e. The number of hydrogen-bond donors (Lipinski definition) is 1. The third kappa shape index (κ3) is 1.99. The van der Waals surface area contributed by atoms with Crippen molar-refractivity contribution in [3.63, 3.8) is 0 Å². The molecule has 1 aromatic carbocycles. The molecule has 0 heterocycles. The lowest BCUT2D eigenvalue weighted by Crippen LogP contribution is -2.21. The van der Waals surface area contributed by atoms with Crippen LogP contribution in [0.2, 0.25) is 5.02 Å². The SMILES string of the molecule is CS(=O)(=O)[C@@H]1[C@H](c2cccc(Cl)c2)[C@]1(C#N)C(=O)O. The summed E-state index contributed by atoms with van der Waals surface area (Å²) < 4.78 is 23.4. The fraction of sp³-hybridized carbons (Fsp3) is 0.333. The fourth-order valence-corrected chi connectivity index (χ4v) is 4.48. The molecule has 2 rings (SSSR count). The number of hydrogen-bond acceptors (Lipinski definition) is 4. The maximum atomic E-state index is 11.7. The molecule has 0 saturated heterocycles. The van der Waals surface area contributed by atoms with Crippen molar-refractivity contribution >= 4 is 27.4 Å². The normalized spacial score (nSPS) is 29.5. The summed E-state index contributed by atoms with van der Waals surface area (Å²) in [6.45, 7) is 0. The lowest BCUT2D eigenvalue weighted by molar-refractivity contribution is -0.141. The number of nitriles is 1. The first-order valence-corrected chi connectivity index (χ1v) is 7.67. The zero-order valence-corrected chi connectivity index (χ0v) is 11.4. The van der Waals surface area contributed by atoms with E-state index in [1.54, 1.807) is 24.3 Å². The van der Waals surface area contributed by atoms with Crippen LogP contribution in [0.1, 0.15) is 11.5 Å². The molecule has 5 nitrogen and oxygen atoms in total. The van der Waals surface area contributed by atoms with Crippen molar-refractivity contribution in [1.29, 1.82) is 5.26 Å². The summed E-state index contributed by atoms with van der Waals surface area (Å²) in [5, 5.41) is 17.5. The smallest absolute Gasteiger partial charge is 0.326 e. The minimum atomic E-state index is -3.65. The van der Waals surface area contributed by atoms with Crippen LogP contribution >= 0.6 is 11.6 Å². The Morgan fingerprint density at radius 2 is 2.16 bits per heavy atom. The molecule has 0 bridgehead atoms. The Bertz CT molecular complexity index is 694. The van der Waals surface area contributed by atoms with Crippen LogP contribution in [-0.2, 0) is 14.6 Å². The zero-order chi connectivity index (χ0) is 14.4. The summed E-state index contributed by atoms with van der Waals surface area (Å²) in [7, 11) is -3.65. The summed E-state index contributed by atoms with van der Waals surface area (Å²) in [6.07, 6.45) is 0.942. The Morgan fingerprint density at radius 3 is 2.53 bits per heavy atom. The van der Waals surface area contributed by atoms with Gasteiger partial charge >= 0.3 is 5.97 Å². The van der Waals surface area contributed by atoms with Crippen LogP contribution in [0.15, 0.2) is 24.3 Å². The molecule has 0 radical (unpaired) electrons. The van der Waals surface area contributed by atoms with Crippen LogP contribution in [0.4, 0.5) is 0 Å². The van der Waals surface area contributed by atoms with Crippen molar-refractivity contribution < 1.29 is 18.3 Å². The number of halogens is 1. The number of aliphatic carboxylic acids is 1. The number of sulfone groups is 1. The molecule has 1 fully saturated rings. The monoisotopic (exact) mass is 299 g/mol. The number of carboxylic acid groups (broad SMARTS) is 1. The van der Waals surface area contributed by atoms with E-state index in [1.165, 1.54) is 6.07 Å². The van der Waals surface area contributed by atoms with Gasteiger partial charge in [0.1, 0.15) is 5.25 Å². The molecule has 0 aromatic heterocycles. The van der Waals surface area contributed by atoms with Crippen LogP contribution in [0.3, 0.4) is 0 Å². The van der Waals surface area contributed by atoms with Gasteiger partial charge in [0.15, 0.2) is 15.3 Å². The van der Waals surface area contributed by atoms with Crippen molar-refractivity contribution in [1.82, 2.24) is 0 Å². The highest BCUT2D eigenvalue weighted by Gasteiger charge is 2.76. The summed E-state index contributed by atoms with van der Waals surface area (Å²) in [6, 6.07) is 7.92. The molecule has 1 saturated carbocycles. The lowest BCUT2D eigenvalue weighted by atomic mass is 10.0. The number of benzene rings is 1. The van der Waals surface area contributed by atoms with E-state index in [9.17, 15) is 18.3 Å². The molecule has 19 heavy (non-hydrogen) atoms. The second-order valence-electron chi connectivity index (χ2n) is 4.57. The number of carbonyl (C=O) groups is 1. The predicted molar refractivity (Wildman–Crippen MR) is 68.5 cm³/mol. The number of rotatable bonds is 3. The van der Waals surface area contributed by atoms with Crippen LogP contribution in [0.5, 0.6) is 0 Å². The van der Waals surface area contributed by atoms with Crippen molar-refractivity contribution in [2.24, 2.45) is 5.41 Å². The molecular formula is C12H10ClNO4S. The molecule has 3 atom stereocenters. The van der Waals surface area contributed by atoms with E-state index in [0.717, 1.165) is 6.26 Å². The average Bonchev–Trinajstić information content (AvgIpc) is 2.99. The minimum Gasteiger partial charge on any atom is -0.480 e. The maximum Gasteiger partial charge on any atom is 0.326 e. The standard InChI is InChI=1S/C12H10ClNO4S/c1-19(17,18)10-9(12(10,6-14)11(15)16)7-3-2-4-8(13)5-7/h2-5,9-10H,1H3,(H,15,16)/t9-,10+,12-/m0/s1. The molecule has 1 aliphatic carbocycles. The van der Waals surface area contributed by atoms with Gasteiger partial charge in [-0.15, -0.1) is 0 Å². The highest BCUT2D eigenvalue weighted by Crippen LogP contribution is 2.62. The molecule has 0 aliphatic heterocycles. The van der Waals surface area contributed by atoms with Gasteiger partial charge in [-0.1, -0.05) is 23.7 Å². The first-order valence-electron chi connectivity index (χ1n) is 5.34. The first kappa shape index (κ1) is 13.8. The van der Waals surface area contributed by atoms with Crippen LogP contribution < -0.4 is 0 Å². The molecule has 0 spiro atoms. The lowest BCUT2D eigenvalue weighted by Gasteiger charge is -2.02. The molecule has 0 amide bonds. The molecule has 1 aliphatic rings. The van der Waals surface area contributed by atoms with E-state index in [4.69, 9.17) is 16.9 Å². The third-order valence-electron chi connectivity index (χ3n) is 3.34. The van der Waals surface area contributed by atoms with E-state index in [-0.39, 0.29) is 0 Å². The fourth-order valence-electron chi connectivity index (χ4n) is 2.51. The minimum absolute atomic E-state index is 0.369. The highest BCUT2D eigenvalue weighted by atomic mass is 35.5. The van der Waals surface area contributed by atoms with Gasteiger partial charge < -0.3 is 5.11 Å². The van der Waals surface area contributed by atoms with Gasteiger partial charge in [-0.3, -0.25) is 4.79 Å². The number of nitrogens with zero attached hydrogens (tertiary/aromatic N) is 1. The van der Waals surface area contributed by atoms with Gasteiger partial charge in [-0.25, -0.2) is 8.42 Å².